The van der Waals surface area contributed by atoms with Gasteiger partial charge in [-0.25, -0.2) is 0 Å². The van der Waals surface area contributed by atoms with E-state index in [1.807, 2.05) is 78.9 Å². The van der Waals surface area contributed by atoms with E-state index in [4.69, 9.17) is 4.74 Å². The number of nitrogens with one attached hydrogen (secondary N) is 1. The third-order valence-corrected chi connectivity index (χ3v) is 4.77. The molecule has 0 atom stereocenters. The summed E-state index contributed by atoms with van der Waals surface area (Å²) in [7, 11) is 0. The van der Waals surface area contributed by atoms with Crippen LogP contribution in [-0.2, 0) is 35.7 Å². The van der Waals surface area contributed by atoms with Crippen molar-refractivity contribution in [3.63, 3.8) is 0 Å². The van der Waals surface area contributed by atoms with Crippen molar-refractivity contribution in [2.24, 2.45) is 0 Å². The molecule has 1 N–H and O–H groups in total. The molecule has 3 aromatic carbocycles. The first-order chi connectivity index (χ1) is 13.2. The van der Waals surface area contributed by atoms with Gasteiger partial charge in [-0.05, 0) is 34.4 Å². The Morgan fingerprint density at radius 3 is 2.19 bits per heavy atom. The van der Waals surface area contributed by atoms with Gasteiger partial charge in [0.1, 0.15) is 0 Å². The smallest absolute Gasteiger partial charge is 0.224 e. The van der Waals surface area contributed by atoms with E-state index in [1.165, 1.54) is 0 Å². The molecule has 0 saturated carbocycles. The highest BCUT2D eigenvalue weighted by Gasteiger charge is 2.06. The van der Waals surface area contributed by atoms with Gasteiger partial charge < -0.3 is 10.1 Å². The predicted molar refractivity (Wildman–Crippen MR) is 111 cm³/mol. The molecule has 0 heterocycles. The number of carbonyl (C=O) groups is 1. The van der Waals surface area contributed by atoms with Gasteiger partial charge in [0.25, 0.3) is 0 Å². The van der Waals surface area contributed by atoms with Crippen molar-refractivity contribution in [1.29, 1.82) is 0 Å². The van der Waals surface area contributed by atoms with E-state index in [9.17, 15) is 4.79 Å². The number of benzene rings is 3. The summed E-state index contributed by atoms with van der Waals surface area (Å²) in [6.45, 7) is 1.60. The molecule has 4 heteroatoms. The molecule has 0 aromatic heterocycles. The van der Waals surface area contributed by atoms with Gasteiger partial charge in [-0.3, -0.25) is 4.79 Å². The Kier molecular flexibility index (Phi) is 7.19. The van der Waals surface area contributed by atoms with Gasteiger partial charge in [-0.2, -0.15) is 0 Å². The Morgan fingerprint density at radius 1 is 0.778 bits per heavy atom. The SMILES string of the molecule is O=C(Cc1ccc(Br)cc1)NCc1ccccc1COCc1ccccc1. The van der Waals surface area contributed by atoms with Crippen LogP contribution in [-0.4, -0.2) is 5.91 Å². The second-order valence-corrected chi connectivity index (χ2v) is 7.24. The van der Waals surface area contributed by atoms with Crippen LogP contribution in [0.5, 0.6) is 0 Å². The molecule has 3 aromatic rings. The Balaban J connectivity index is 1.51. The van der Waals surface area contributed by atoms with E-state index < -0.39 is 0 Å². The van der Waals surface area contributed by atoms with Crippen LogP contribution in [0.25, 0.3) is 0 Å². The van der Waals surface area contributed by atoms with Crippen LogP contribution in [0.2, 0.25) is 0 Å². The molecule has 0 bridgehead atoms. The quantitative estimate of drug-likeness (QED) is 0.551. The lowest BCUT2D eigenvalue weighted by Crippen LogP contribution is -2.25. The van der Waals surface area contributed by atoms with Crippen molar-refractivity contribution in [3.8, 4) is 0 Å². The fraction of sp³-hybridized carbons (Fsp3) is 0.174. The molecule has 0 aliphatic rings. The summed E-state index contributed by atoms with van der Waals surface area (Å²) < 4.78 is 6.85. The van der Waals surface area contributed by atoms with E-state index in [-0.39, 0.29) is 5.91 Å². The minimum Gasteiger partial charge on any atom is -0.372 e. The summed E-state index contributed by atoms with van der Waals surface area (Å²) >= 11 is 3.40. The number of rotatable bonds is 8. The number of ether oxygens (including phenoxy) is 1. The van der Waals surface area contributed by atoms with Crippen LogP contribution < -0.4 is 5.32 Å². The van der Waals surface area contributed by atoms with E-state index in [1.54, 1.807) is 0 Å². The lowest BCUT2D eigenvalue weighted by Gasteiger charge is -2.11. The summed E-state index contributed by atoms with van der Waals surface area (Å²) in [5.74, 6) is 0.0114. The summed E-state index contributed by atoms with van der Waals surface area (Å²) in [4.78, 5) is 12.2. The van der Waals surface area contributed by atoms with E-state index in [2.05, 4.69) is 21.2 Å². The minimum absolute atomic E-state index is 0.0114. The Morgan fingerprint density at radius 2 is 1.44 bits per heavy atom. The van der Waals surface area contributed by atoms with E-state index >= 15 is 0 Å². The zero-order chi connectivity index (χ0) is 18.9. The zero-order valence-electron chi connectivity index (χ0n) is 15.0. The first kappa shape index (κ1) is 19.3. The molecule has 0 spiro atoms. The number of hydrogen-bond donors (Lipinski definition) is 1. The monoisotopic (exact) mass is 423 g/mol. The van der Waals surface area contributed by atoms with Gasteiger partial charge in [0.15, 0.2) is 0 Å². The molecule has 1 amide bonds. The molecule has 0 unspecified atom stereocenters. The van der Waals surface area contributed by atoms with Crippen LogP contribution >= 0.6 is 15.9 Å². The van der Waals surface area contributed by atoms with Crippen LogP contribution in [0, 0.1) is 0 Å². The van der Waals surface area contributed by atoms with Gasteiger partial charge in [0, 0.05) is 11.0 Å². The largest absolute Gasteiger partial charge is 0.372 e. The number of halogens is 1. The fourth-order valence-electron chi connectivity index (χ4n) is 2.77. The molecule has 0 radical (unpaired) electrons. The van der Waals surface area contributed by atoms with Crippen molar-refractivity contribution in [3.05, 3.63) is 106 Å². The molecular formula is C23H22BrNO2. The standard InChI is InChI=1S/C23H22BrNO2/c24-22-12-10-18(11-13-22)14-23(26)25-15-20-8-4-5-9-21(20)17-27-16-19-6-2-1-3-7-19/h1-13H,14-17H2,(H,25,26). The van der Waals surface area contributed by atoms with E-state index in [0.717, 1.165) is 26.7 Å². The van der Waals surface area contributed by atoms with Crippen LogP contribution in [0.3, 0.4) is 0 Å². The fourth-order valence-corrected chi connectivity index (χ4v) is 3.03. The van der Waals surface area contributed by atoms with Crippen molar-refractivity contribution >= 4 is 21.8 Å². The average Bonchev–Trinajstić information content (AvgIpc) is 2.70. The second-order valence-electron chi connectivity index (χ2n) is 6.33. The van der Waals surface area contributed by atoms with E-state index in [0.29, 0.717) is 26.2 Å². The molecular weight excluding hydrogens is 402 g/mol. The maximum atomic E-state index is 12.2. The van der Waals surface area contributed by atoms with Crippen LogP contribution in [0.15, 0.2) is 83.3 Å². The van der Waals surface area contributed by atoms with Crippen molar-refractivity contribution < 1.29 is 9.53 Å². The highest BCUT2D eigenvalue weighted by Crippen LogP contribution is 2.13. The van der Waals surface area contributed by atoms with Gasteiger partial charge >= 0.3 is 0 Å². The first-order valence-corrected chi connectivity index (χ1v) is 9.69. The van der Waals surface area contributed by atoms with Crippen molar-refractivity contribution in [2.75, 3.05) is 0 Å². The highest BCUT2D eigenvalue weighted by molar-refractivity contribution is 9.10. The summed E-state index contributed by atoms with van der Waals surface area (Å²) in [5, 5.41) is 3.00. The predicted octanol–water partition coefficient (Wildman–Crippen LogP) is 5.02. The third-order valence-electron chi connectivity index (χ3n) is 4.24. The summed E-state index contributed by atoms with van der Waals surface area (Å²) in [6.07, 6.45) is 0.375. The molecule has 0 fully saturated rings. The third kappa shape index (κ3) is 6.35. The van der Waals surface area contributed by atoms with Crippen molar-refractivity contribution in [2.45, 2.75) is 26.2 Å². The maximum absolute atomic E-state index is 12.2. The van der Waals surface area contributed by atoms with Gasteiger partial charge in [0.2, 0.25) is 5.91 Å². The molecule has 0 saturated heterocycles. The van der Waals surface area contributed by atoms with Gasteiger partial charge in [0.05, 0.1) is 19.6 Å². The van der Waals surface area contributed by atoms with Crippen LogP contribution in [0.4, 0.5) is 0 Å². The lowest BCUT2D eigenvalue weighted by atomic mass is 10.1. The zero-order valence-corrected chi connectivity index (χ0v) is 16.6. The molecule has 138 valence electrons. The summed E-state index contributed by atoms with van der Waals surface area (Å²) in [6, 6.07) is 26.0. The van der Waals surface area contributed by atoms with Crippen LogP contribution in [0.1, 0.15) is 22.3 Å². The topological polar surface area (TPSA) is 38.3 Å². The van der Waals surface area contributed by atoms with Crippen molar-refractivity contribution in [1.82, 2.24) is 5.32 Å². The normalized spacial score (nSPS) is 10.6. The summed E-state index contributed by atoms with van der Waals surface area (Å²) in [5.41, 5.74) is 4.32. The van der Waals surface area contributed by atoms with Gasteiger partial charge in [-0.15, -0.1) is 0 Å². The first-order valence-electron chi connectivity index (χ1n) is 8.90. The molecule has 27 heavy (non-hydrogen) atoms. The number of hydrogen-bond acceptors (Lipinski definition) is 2. The Hall–Kier alpha value is -2.43. The molecule has 3 rings (SSSR count). The Labute approximate surface area is 168 Å². The second kappa shape index (κ2) is 10.0. The lowest BCUT2D eigenvalue weighted by molar-refractivity contribution is -0.120. The average molecular weight is 424 g/mol. The highest BCUT2D eigenvalue weighted by atomic mass is 79.9. The minimum atomic E-state index is 0.0114. The number of carbonyl (C=O) groups excluding carboxylic acids is 1. The maximum Gasteiger partial charge on any atom is 0.224 e. The van der Waals surface area contributed by atoms with Gasteiger partial charge in [-0.1, -0.05) is 82.7 Å². The molecule has 3 nitrogen and oxygen atoms in total. The molecule has 0 aliphatic heterocycles. The number of amides is 1. The molecule has 0 aliphatic carbocycles. The Bertz CT molecular complexity index is 863.